The summed E-state index contributed by atoms with van der Waals surface area (Å²) in [5.74, 6) is -5.04. The minimum absolute atomic E-state index is 0.0115. The van der Waals surface area contributed by atoms with Crippen LogP contribution >= 0.6 is 0 Å². The summed E-state index contributed by atoms with van der Waals surface area (Å²) in [7, 11) is 0. The topological polar surface area (TPSA) is 34.1 Å². The van der Waals surface area contributed by atoms with Crippen LogP contribution in [0.5, 0.6) is 0 Å². The molecule has 0 aliphatic carbocycles. The predicted molar refractivity (Wildman–Crippen MR) is 188 cm³/mol. The van der Waals surface area contributed by atoms with Gasteiger partial charge in [-0.3, -0.25) is 9.59 Å². The lowest BCUT2D eigenvalue weighted by atomic mass is 9.74. The number of carbonyl (C=O) groups is 2. The monoisotopic (exact) mass is 698 g/mol. The van der Waals surface area contributed by atoms with Crippen molar-refractivity contribution in [1.82, 2.24) is 0 Å². The van der Waals surface area contributed by atoms with Crippen LogP contribution in [0.2, 0.25) is 0 Å². The van der Waals surface area contributed by atoms with E-state index >= 15 is 9.59 Å². The summed E-state index contributed by atoms with van der Waals surface area (Å²) < 4.78 is 86.3. The van der Waals surface area contributed by atoms with E-state index in [1.807, 2.05) is 0 Å². The van der Waals surface area contributed by atoms with Crippen molar-refractivity contribution in [2.75, 3.05) is 0 Å². The molecule has 7 rings (SSSR count). The summed E-state index contributed by atoms with van der Waals surface area (Å²) in [6.45, 7) is 0. The first-order valence-corrected chi connectivity index (χ1v) is 16.0. The molecule has 0 atom stereocenters. The molecular formula is C44H24F6O2. The summed E-state index contributed by atoms with van der Waals surface area (Å²) in [5.41, 5.74) is 1.64. The smallest absolute Gasteiger partial charge is 0.194 e. The number of hydrogen-bond acceptors (Lipinski definition) is 2. The third-order valence-corrected chi connectivity index (χ3v) is 8.70. The standard InChI is InChI=1S/C44H24F6O2/c45-31-13-1-25(2-14-31)37-38(26-3-15-32(46)16-4-26)40(28-7-19-34(48)20-8-28)42(44(52)30-11-23-36(50)24-12-30)41(39(37)27-5-17-33(47)18-6-27)43(51)29-9-21-35(49)22-10-29/h1-24H. The number of ketones is 2. The molecular weight excluding hydrogens is 674 g/mol. The lowest BCUT2D eigenvalue weighted by Gasteiger charge is -2.27. The van der Waals surface area contributed by atoms with E-state index in [-0.39, 0.29) is 55.6 Å². The van der Waals surface area contributed by atoms with Crippen LogP contribution < -0.4 is 0 Å². The Labute approximate surface area is 294 Å². The molecule has 0 saturated heterocycles. The van der Waals surface area contributed by atoms with Crippen molar-refractivity contribution < 1.29 is 35.9 Å². The van der Waals surface area contributed by atoms with Crippen molar-refractivity contribution in [3.63, 3.8) is 0 Å². The van der Waals surface area contributed by atoms with E-state index in [4.69, 9.17) is 0 Å². The molecule has 0 radical (unpaired) electrons. The Balaban J connectivity index is 1.78. The van der Waals surface area contributed by atoms with E-state index < -0.39 is 46.5 Å². The third-order valence-electron chi connectivity index (χ3n) is 8.70. The van der Waals surface area contributed by atoms with E-state index in [1.165, 1.54) is 121 Å². The van der Waals surface area contributed by atoms with Gasteiger partial charge in [-0.25, -0.2) is 26.3 Å². The van der Waals surface area contributed by atoms with Gasteiger partial charge in [-0.15, -0.1) is 0 Å². The highest BCUT2D eigenvalue weighted by molar-refractivity contribution is 6.28. The van der Waals surface area contributed by atoms with Gasteiger partial charge in [-0.2, -0.15) is 0 Å². The van der Waals surface area contributed by atoms with Crippen LogP contribution in [0.25, 0.3) is 44.5 Å². The van der Waals surface area contributed by atoms with Crippen LogP contribution in [-0.2, 0) is 0 Å². The van der Waals surface area contributed by atoms with Gasteiger partial charge in [0, 0.05) is 33.4 Å². The fourth-order valence-corrected chi connectivity index (χ4v) is 6.32. The zero-order valence-electron chi connectivity index (χ0n) is 26.9. The minimum atomic E-state index is -0.734. The Kier molecular flexibility index (Phi) is 9.13. The van der Waals surface area contributed by atoms with Gasteiger partial charge in [-0.1, -0.05) is 48.5 Å². The number of rotatable bonds is 8. The van der Waals surface area contributed by atoms with Gasteiger partial charge >= 0.3 is 0 Å². The molecule has 0 spiro atoms. The molecule has 52 heavy (non-hydrogen) atoms. The second-order valence-electron chi connectivity index (χ2n) is 11.9. The fraction of sp³-hybridized carbons (Fsp3) is 0. The Morgan fingerprint density at radius 2 is 0.462 bits per heavy atom. The molecule has 0 heterocycles. The number of benzene rings is 7. The van der Waals surface area contributed by atoms with Crippen molar-refractivity contribution in [2.45, 2.75) is 0 Å². The molecule has 2 nitrogen and oxygen atoms in total. The molecule has 0 amide bonds. The summed E-state index contributed by atoms with van der Waals surface area (Å²) in [4.78, 5) is 30.0. The maximum Gasteiger partial charge on any atom is 0.194 e. The molecule has 0 N–H and O–H groups in total. The number of carbonyl (C=O) groups excluding carboxylic acids is 2. The molecule has 0 aliphatic heterocycles. The molecule has 0 saturated carbocycles. The van der Waals surface area contributed by atoms with Crippen molar-refractivity contribution in [3.8, 4) is 44.5 Å². The summed E-state index contributed by atoms with van der Waals surface area (Å²) >= 11 is 0. The normalized spacial score (nSPS) is 11.0. The van der Waals surface area contributed by atoms with Gasteiger partial charge in [0.05, 0.1) is 0 Å². The highest BCUT2D eigenvalue weighted by Gasteiger charge is 2.34. The molecule has 254 valence electrons. The predicted octanol–water partition coefficient (Wildman–Crippen LogP) is 11.7. The maximum absolute atomic E-state index is 15.0. The minimum Gasteiger partial charge on any atom is -0.289 e. The van der Waals surface area contributed by atoms with Crippen LogP contribution in [0.3, 0.4) is 0 Å². The van der Waals surface area contributed by atoms with Crippen molar-refractivity contribution in [2.24, 2.45) is 0 Å². The lowest BCUT2D eigenvalue weighted by molar-refractivity contribution is 0.100. The SMILES string of the molecule is O=C(c1ccc(F)cc1)c1c(C(=O)c2ccc(F)cc2)c(-c2ccc(F)cc2)c(-c2ccc(F)cc2)c(-c2ccc(F)cc2)c1-c1ccc(F)cc1. The first-order valence-electron chi connectivity index (χ1n) is 16.0. The zero-order valence-corrected chi connectivity index (χ0v) is 26.9. The summed E-state index contributed by atoms with van der Waals surface area (Å²) in [6.07, 6.45) is 0. The van der Waals surface area contributed by atoms with Gasteiger partial charge in [0.15, 0.2) is 11.6 Å². The van der Waals surface area contributed by atoms with E-state index in [0.717, 1.165) is 24.3 Å². The quantitative estimate of drug-likeness (QED) is 0.117. The van der Waals surface area contributed by atoms with Crippen LogP contribution in [-0.4, -0.2) is 11.6 Å². The molecule has 8 heteroatoms. The molecule has 0 bridgehead atoms. The second-order valence-corrected chi connectivity index (χ2v) is 11.9. The van der Waals surface area contributed by atoms with Crippen LogP contribution in [0.4, 0.5) is 26.3 Å². The van der Waals surface area contributed by atoms with Crippen molar-refractivity contribution >= 4 is 11.6 Å². The summed E-state index contributed by atoms with van der Waals surface area (Å²) in [6, 6.07) is 30.3. The Bertz CT molecular complexity index is 2260. The van der Waals surface area contributed by atoms with E-state index in [0.29, 0.717) is 11.1 Å². The highest BCUT2D eigenvalue weighted by atomic mass is 19.1. The van der Waals surface area contributed by atoms with Gasteiger partial charge in [-0.05, 0) is 130 Å². The first-order chi connectivity index (χ1) is 25.1. The molecule has 0 aliphatic rings. The number of halogens is 6. The zero-order chi connectivity index (χ0) is 36.5. The molecule has 0 fully saturated rings. The first kappa shape index (κ1) is 33.9. The Morgan fingerprint density at radius 1 is 0.269 bits per heavy atom. The average Bonchev–Trinajstić information content (AvgIpc) is 3.15. The molecule has 7 aromatic rings. The van der Waals surface area contributed by atoms with Gasteiger partial charge < -0.3 is 0 Å². The van der Waals surface area contributed by atoms with Gasteiger partial charge in [0.1, 0.15) is 34.9 Å². The fourth-order valence-electron chi connectivity index (χ4n) is 6.32. The van der Waals surface area contributed by atoms with Crippen LogP contribution in [0.1, 0.15) is 31.8 Å². The Hall–Kier alpha value is -6.54. The molecule has 0 unspecified atom stereocenters. The highest BCUT2D eigenvalue weighted by Crippen LogP contribution is 2.51. The van der Waals surface area contributed by atoms with E-state index in [1.54, 1.807) is 0 Å². The summed E-state index contributed by atoms with van der Waals surface area (Å²) in [5, 5.41) is 0. The van der Waals surface area contributed by atoms with Crippen molar-refractivity contribution in [3.05, 3.63) is 203 Å². The van der Waals surface area contributed by atoms with E-state index in [2.05, 4.69) is 0 Å². The third kappa shape index (κ3) is 6.54. The number of hydrogen-bond donors (Lipinski definition) is 0. The van der Waals surface area contributed by atoms with Gasteiger partial charge in [0.25, 0.3) is 0 Å². The van der Waals surface area contributed by atoms with Crippen molar-refractivity contribution in [1.29, 1.82) is 0 Å². The Morgan fingerprint density at radius 3 is 0.692 bits per heavy atom. The molecule has 7 aromatic carbocycles. The van der Waals surface area contributed by atoms with E-state index in [9.17, 15) is 26.3 Å². The van der Waals surface area contributed by atoms with Crippen LogP contribution in [0, 0.1) is 34.9 Å². The van der Waals surface area contributed by atoms with Gasteiger partial charge in [0.2, 0.25) is 0 Å². The second kappa shape index (κ2) is 14.0. The average molecular weight is 699 g/mol. The van der Waals surface area contributed by atoms with Crippen LogP contribution in [0.15, 0.2) is 146 Å². The largest absolute Gasteiger partial charge is 0.289 e. The molecule has 0 aromatic heterocycles. The lowest BCUT2D eigenvalue weighted by Crippen LogP contribution is -2.17. The maximum atomic E-state index is 15.0.